The minimum absolute atomic E-state index is 1.04. The molecule has 0 rings (SSSR count). The first kappa shape index (κ1) is 10.5. The van der Waals surface area contributed by atoms with E-state index in [1.807, 2.05) is 0 Å². The van der Waals surface area contributed by atoms with Crippen LogP contribution in [-0.4, -0.2) is 0 Å². The van der Waals surface area contributed by atoms with Crippen LogP contribution in [0.4, 0.5) is 0 Å². The monoisotopic (exact) mass is 211 g/mol. The second-order valence-corrected chi connectivity index (χ2v) is 7.93. The molecule has 0 aromatic heterocycles. The average molecular weight is 211 g/mol. The van der Waals surface area contributed by atoms with Gasteiger partial charge in [0, 0.05) is 0 Å². The summed E-state index contributed by atoms with van der Waals surface area (Å²) in [5.74, 6) is 0. The van der Waals surface area contributed by atoms with Gasteiger partial charge < -0.3 is 0 Å². The molecule has 0 spiro atoms. The van der Waals surface area contributed by atoms with Crippen molar-refractivity contribution >= 4 is 0 Å². The first-order chi connectivity index (χ1) is 5.97. The molecule has 0 heterocycles. The van der Waals surface area contributed by atoms with Crippen molar-refractivity contribution in [2.75, 3.05) is 0 Å². The molecular formula is C6MnN6. The molecule has 0 bridgehead atoms. The summed E-state index contributed by atoms with van der Waals surface area (Å²) in [7, 11) is -6.30. The molecule has 0 N–H and O–H groups in total. The van der Waals surface area contributed by atoms with Gasteiger partial charge in [0.15, 0.2) is 0 Å². The molecule has 0 radical (unpaired) electrons. The molecule has 0 fully saturated rings. The second-order valence-electron chi connectivity index (χ2n) is 1.92. The zero-order chi connectivity index (χ0) is 10.7. The van der Waals surface area contributed by atoms with Crippen LogP contribution < -0.4 is 0 Å². The fourth-order valence-electron chi connectivity index (χ4n) is 0.283. The van der Waals surface area contributed by atoms with E-state index in [-0.39, 0.29) is 0 Å². The van der Waals surface area contributed by atoms with Gasteiger partial charge in [0.05, 0.1) is 0 Å². The number of nitriles is 6. The molecule has 0 aliphatic heterocycles. The Bertz CT molecular complexity index is 387. The summed E-state index contributed by atoms with van der Waals surface area (Å²) in [6, 6.07) is 0. The van der Waals surface area contributed by atoms with Gasteiger partial charge in [0.2, 0.25) is 0 Å². The first-order valence-corrected chi connectivity index (χ1v) is 6.02. The van der Waals surface area contributed by atoms with E-state index in [1.165, 1.54) is 0 Å². The molecular weight excluding hydrogens is 211 g/mol. The minimum atomic E-state index is -6.30. The molecule has 0 aliphatic rings. The van der Waals surface area contributed by atoms with Crippen molar-refractivity contribution in [1.29, 1.82) is 31.6 Å². The SMILES string of the molecule is N#[C][Mn]([C]#N)([C]#N)([C]#N)([C]#N)[C]#N. The van der Waals surface area contributed by atoms with Crippen molar-refractivity contribution in [2.24, 2.45) is 0 Å². The van der Waals surface area contributed by atoms with Gasteiger partial charge in [-0.1, -0.05) is 0 Å². The van der Waals surface area contributed by atoms with Crippen molar-refractivity contribution in [3.05, 3.63) is 0 Å². The van der Waals surface area contributed by atoms with E-state index < -0.39 is 10.7 Å². The van der Waals surface area contributed by atoms with E-state index in [4.69, 9.17) is 31.6 Å². The normalized spacial score (nSPS) is 13.4. The van der Waals surface area contributed by atoms with E-state index >= 15 is 0 Å². The molecule has 6 nitrogen and oxygen atoms in total. The Kier molecular flexibility index (Phi) is 1.60. The van der Waals surface area contributed by atoms with E-state index in [2.05, 4.69) is 0 Å². The average Bonchev–Trinajstić information content (AvgIpc) is 2.26. The summed E-state index contributed by atoms with van der Waals surface area (Å²) in [6.07, 6.45) is 0. The Morgan fingerprint density at radius 3 is 0.615 bits per heavy atom. The number of hydrogen-bond donors (Lipinski definition) is 0. The second kappa shape index (κ2) is 1.99. The van der Waals surface area contributed by atoms with Crippen LogP contribution in [0.1, 0.15) is 0 Å². The third kappa shape index (κ3) is 0.698. The van der Waals surface area contributed by atoms with Crippen molar-refractivity contribution in [2.45, 2.75) is 0 Å². The molecule has 0 saturated carbocycles. The van der Waals surface area contributed by atoms with Crippen molar-refractivity contribution in [1.82, 2.24) is 0 Å². The topological polar surface area (TPSA) is 143 Å². The maximum atomic E-state index is 8.58. The van der Waals surface area contributed by atoms with Crippen LogP contribution >= 0.6 is 0 Å². The van der Waals surface area contributed by atoms with Gasteiger partial charge in [0.25, 0.3) is 0 Å². The summed E-state index contributed by atoms with van der Waals surface area (Å²) in [4.78, 5) is 6.25. The Balaban J connectivity index is 6.92. The standard InChI is InChI=1S/6CN.Mn/c6*1-2;. The summed E-state index contributed by atoms with van der Waals surface area (Å²) >= 11 is 0. The van der Waals surface area contributed by atoms with Crippen LogP contribution in [-0.2, 0) is 10.7 Å². The summed E-state index contributed by atoms with van der Waals surface area (Å²) in [5, 5.41) is 51.5. The van der Waals surface area contributed by atoms with Crippen LogP contribution in [0.15, 0.2) is 0 Å². The van der Waals surface area contributed by atoms with Gasteiger partial charge in [-0.15, -0.1) is 0 Å². The van der Waals surface area contributed by atoms with Crippen molar-refractivity contribution in [3.8, 4) is 29.8 Å². The molecule has 0 aliphatic carbocycles. The molecule has 0 aromatic rings. The molecule has 13 heavy (non-hydrogen) atoms. The fourth-order valence-corrected chi connectivity index (χ4v) is 1.17. The van der Waals surface area contributed by atoms with Crippen molar-refractivity contribution in [3.63, 3.8) is 0 Å². The van der Waals surface area contributed by atoms with E-state index in [9.17, 15) is 0 Å². The third-order valence-electron chi connectivity index (χ3n) is 1.27. The maximum absolute atomic E-state index is 8.58. The molecule has 7 heteroatoms. The van der Waals surface area contributed by atoms with Gasteiger partial charge >= 0.3 is 72.1 Å². The quantitative estimate of drug-likeness (QED) is 0.519. The molecule has 61 valence electrons. The van der Waals surface area contributed by atoms with Crippen LogP contribution in [0.3, 0.4) is 0 Å². The fraction of sp³-hybridized carbons (Fsp3) is 0. The number of nitrogens with zero attached hydrogens (tertiary/aromatic N) is 6. The first-order valence-electron chi connectivity index (χ1n) is 2.48. The summed E-state index contributed by atoms with van der Waals surface area (Å²) < 4.78 is 0. The Hall–Kier alpha value is -2.54. The van der Waals surface area contributed by atoms with Crippen LogP contribution in [0.2, 0.25) is 0 Å². The van der Waals surface area contributed by atoms with Crippen LogP contribution in [0.5, 0.6) is 0 Å². The van der Waals surface area contributed by atoms with Gasteiger partial charge in [-0.2, -0.15) is 0 Å². The van der Waals surface area contributed by atoms with E-state index in [0.717, 1.165) is 29.8 Å². The van der Waals surface area contributed by atoms with Gasteiger partial charge in [-0.05, 0) is 0 Å². The van der Waals surface area contributed by atoms with E-state index in [1.54, 1.807) is 0 Å². The Morgan fingerprint density at radius 2 is 0.615 bits per heavy atom. The predicted octanol–water partition coefficient (Wildman–Crippen LogP) is 0.0982. The van der Waals surface area contributed by atoms with Gasteiger partial charge in [0.1, 0.15) is 0 Å². The molecule has 0 unspecified atom stereocenters. The zero-order valence-electron chi connectivity index (χ0n) is 6.06. The molecule has 0 saturated heterocycles. The molecule has 0 atom stereocenters. The molecule has 0 amide bonds. The zero-order valence-corrected chi connectivity index (χ0v) is 7.24. The van der Waals surface area contributed by atoms with E-state index in [0.29, 0.717) is 0 Å². The van der Waals surface area contributed by atoms with Gasteiger partial charge in [-0.25, -0.2) is 0 Å². The summed E-state index contributed by atoms with van der Waals surface area (Å²) in [5.41, 5.74) is 0. The number of hydrogen-bond acceptors (Lipinski definition) is 6. The van der Waals surface area contributed by atoms with Crippen LogP contribution in [0, 0.1) is 61.4 Å². The Morgan fingerprint density at radius 1 is 0.462 bits per heavy atom. The van der Waals surface area contributed by atoms with Gasteiger partial charge in [-0.3, -0.25) is 0 Å². The van der Waals surface area contributed by atoms with Crippen molar-refractivity contribution < 1.29 is 10.7 Å². The Labute approximate surface area is 72.6 Å². The predicted molar refractivity (Wildman–Crippen MR) is 33.7 cm³/mol. The number of rotatable bonds is 0. The summed E-state index contributed by atoms with van der Waals surface area (Å²) in [6.45, 7) is 0. The molecule has 0 aromatic carbocycles. The third-order valence-corrected chi connectivity index (χ3v) is 5.23. The van der Waals surface area contributed by atoms with Crippen LogP contribution in [0.25, 0.3) is 0 Å².